The van der Waals surface area contributed by atoms with Gasteiger partial charge in [0.05, 0.1) is 19.8 Å². The molecule has 61 heavy (non-hydrogen) atoms. The Kier molecular flexibility index (Phi) is 43.5. The van der Waals surface area contributed by atoms with Crippen LogP contribution in [0.5, 0.6) is 0 Å². The Bertz CT molecular complexity index is 1240. The van der Waals surface area contributed by atoms with Gasteiger partial charge in [-0.1, -0.05) is 170 Å². The first kappa shape index (κ1) is 58.4. The van der Waals surface area contributed by atoms with Crippen LogP contribution in [-0.4, -0.2) is 65.7 Å². The van der Waals surface area contributed by atoms with Gasteiger partial charge in [-0.2, -0.15) is 0 Å². The van der Waals surface area contributed by atoms with Gasteiger partial charge in [-0.25, -0.2) is 4.57 Å². The van der Waals surface area contributed by atoms with Crippen LogP contribution in [0.3, 0.4) is 0 Å². The van der Waals surface area contributed by atoms with Gasteiger partial charge in [0.2, 0.25) is 0 Å². The van der Waals surface area contributed by atoms with Crippen LogP contribution in [0.25, 0.3) is 0 Å². The van der Waals surface area contributed by atoms with Crippen LogP contribution in [0.1, 0.15) is 194 Å². The number of phosphoric acid groups is 1. The summed E-state index contributed by atoms with van der Waals surface area (Å²) in [5, 5.41) is 18.4. The number of carbonyl (C=O) groups is 2. The van der Waals surface area contributed by atoms with Gasteiger partial charge in [0.15, 0.2) is 6.10 Å². The summed E-state index contributed by atoms with van der Waals surface area (Å²) in [6.45, 7) is 2.28. The first-order valence-corrected chi connectivity index (χ1v) is 25.4. The highest BCUT2D eigenvalue weighted by molar-refractivity contribution is 7.47. The summed E-state index contributed by atoms with van der Waals surface area (Å²) in [7, 11) is -4.64. The summed E-state index contributed by atoms with van der Waals surface area (Å²) >= 11 is 0. The van der Waals surface area contributed by atoms with E-state index in [1.54, 1.807) is 0 Å². The highest BCUT2D eigenvalue weighted by Gasteiger charge is 2.27. The van der Waals surface area contributed by atoms with Gasteiger partial charge in [-0.15, -0.1) is 0 Å². The summed E-state index contributed by atoms with van der Waals surface area (Å²) in [6, 6.07) is 0. The molecule has 0 aliphatic heterocycles. The molecule has 0 aromatic carbocycles. The molecule has 11 heteroatoms. The first-order valence-electron chi connectivity index (χ1n) is 23.9. The number of hydrogen-bond acceptors (Lipinski definition) is 9. The Balaban J connectivity index is 4.36. The number of hydrogen-bond donors (Lipinski definition) is 3. The van der Waals surface area contributed by atoms with Gasteiger partial charge in [0, 0.05) is 12.8 Å². The zero-order valence-electron chi connectivity index (χ0n) is 38.4. The lowest BCUT2D eigenvalue weighted by molar-refractivity contribution is -0.161. The molecule has 0 rings (SSSR count). The molecular weight excluding hydrogens is 792 g/mol. The average Bonchev–Trinajstić information content (AvgIpc) is 3.25. The Labute approximate surface area is 371 Å². The van der Waals surface area contributed by atoms with Gasteiger partial charge < -0.3 is 24.6 Å². The summed E-state index contributed by atoms with van der Waals surface area (Å²) < 4.78 is 32.7. The Morgan fingerprint density at radius 3 is 1.36 bits per heavy atom. The molecule has 352 valence electrons. The maximum Gasteiger partial charge on any atom is 0.472 e. The highest BCUT2D eigenvalue weighted by Crippen LogP contribution is 2.43. The van der Waals surface area contributed by atoms with Crippen LogP contribution >= 0.6 is 7.82 Å². The molecule has 1 unspecified atom stereocenters. The van der Waals surface area contributed by atoms with Crippen molar-refractivity contribution in [1.82, 2.24) is 0 Å². The van der Waals surface area contributed by atoms with Crippen molar-refractivity contribution in [3.63, 3.8) is 0 Å². The second-order valence-electron chi connectivity index (χ2n) is 15.8. The largest absolute Gasteiger partial charge is 0.472 e. The topological polar surface area (TPSA) is 149 Å². The van der Waals surface area contributed by atoms with Gasteiger partial charge in [-0.05, 0) is 83.5 Å². The van der Waals surface area contributed by atoms with E-state index in [4.69, 9.17) is 23.6 Å². The van der Waals surface area contributed by atoms with E-state index in [9.17, 15) is 24.2 Å². The molecule has 0 aliphatic carbocycles. The van der Waals surface area contributed by atoms with E-state index < -0.39 is 51.8 Å². The van der Waals surface area contributed by atoms with E-state index in [0.717, 1.165) is 51.4 Å². The predicted molar refractivity (Wildman–Crippen MR) is 251 cm³/mol. The number of allylic oxidation sites excluding steroid dienone is 12. The van der Waals surface area contributed by atoms with Gasteiger partial charge in [-0.3, -0.25) is 18.6 Å². The quantitative estimate of drug-likeness (QED) is 0.0234. The standard InChI is InChI=1S/C50H87O10P/c1-3-5-7-9-11-13-15-17-19-21-22-23-24-26-28-30-32-34-36-38-40-42-50(54)60-48(46-59-61(55,56)58-44-47(52)43-51)45-57-49(53)41-39-37-35-33-31-29-27-25-20-18-16-14-12-10-8-6-4-2/h12,14,18-21,23-24,28,30,34,36,47-48,51-52H,3-11,13,15-17,22,25-27,29,31-33,35,37-46H2,1-2H3,(H,55,56)/b14-12+,20-18+,21-19+,24-23+,30-28+,36-34+/t47-,48+/m0/s1. The van der Waals surface area contributed by atoms with Crippen molar-refractivity contribution >= 4 is 19.8 Å². The molecule has 3 atom stereocenters. The average molecular weight is 879 g/mol. The van der Waals surface area contributed by atoms with Crippen LogP contribution in [0.2, 0.25) is 0 Å². The molecule has 0 radical (unpaired) electrons. The van der Waals surface area contributed by atoms with E-state index in [1.165, 1.54) is 96.3 Å². The monoisotopic (exact) mass is 879 g/mol. The number of phosphoric ester groups is 1. The maximum atomic E-state index is 12.6. The normalized spacial score (nSPS) is 14.4. The fourth-order valence-electron chi connectivity index (χ4n) is 6.13. The molecule has 0 heterocycles. The molecule has 0 spiro atoms. The second-order valence-corrected chi connectivity index (χ2v) is 17.2. The molecular formula is C50H87O10P. The van der Waals surface area contributed by atoms with Crippen molar-refractivity contribution < 1.29 is 47.8 Å². The van der Waals surface area contributed by atoms with E-state index in [0.29, 0.717) is 19.3 Å². The highest BCUT2D eigenvalue weighted by atomic mass is 31.2. The van der Waals surface area contributed by atoms with Gasteiger partial charge in [0.1, 0.15) is 12.7 Å². The second kappa shape index (κ2) is 45.4. The van der Waals surface area contributed by atoms with Crippen molar-refractivity contribution in [3.8, 4) is 0 Å². The van der Waals surface area contributed by atoms with E-state index in [2.05, 4.69) is 80.7 Å². The third-order valence-corrected chi connectivity index (χ3v) is 10.8. The van der Waals surface area contributed by atoms with Crippen molar-refractivity contribution in [2.24, 2.45) is 0 Å². The molecule has 0 aromatic rings. The van der Waals surface area contributed by atoms with Crippen molar-refractivity contribution in [1.29, 1.82) is 0 Å². The van der Waals surface area contributed by atoms with Gasteiger partial charge in [0.25, 0.3) is 0 Å². The Hall–Kier alpha value is -2.59. The van der Waals surface area contributed by atoms with Crippen LogP contribution in [0, 0.1) is 0 Å². The lowest BCUT2D eigenvalue weighted by Gasteiger charge is -2.20. The molecule has 0 saturated carbocycles. The minimum atomic E-state index is -4.64. The van der Waals surface area contributed by atoms with Crippen molar-refractivity contribution in [2.75, 3.05) is 26.4 Å². The maximum absolute atomic E-state index is 12.6. The van der Waals surface area contributed by atoms with Crippen LogP contribution in [-0.2, 0) is 32.7 Å². The van der Waals surface area contributed by atoms with Crippen molar-refractivity contribution in [3.05, 3.63) is 72.9 Å². The molecule has 3 N–H and O–H groups in total. The van der Waals surface area contributed by atoms with Gasteiger partial charge >= 0.3 is 19.8 Å². The zero-order valence-corrected chi connectivity index (χ0v) is 39.3. The summed E-state index contributed by atoms with van der Waals surface area (Å²) in [6.07, 6.45) is 53.0. The van der Waals surface area contributed by atoms with E-state index >= 15 is 0 Å². The molecule has 0 aromatic heterocycles. The number of ether oxygens (including phenoxy) is 2. The molecule has 0 amide bonds. The molecule has 0 bridgehead atoms. The van der Waals surface area contributed by atoms with Crippen molar-refractivity contribution in [2.45, 2.75) is 206 Å². The molecule has 0 saturated heterocycles. The fourth-order valence-corrected chi connectivity index (χ4v) is 6.92. The first-order chi connectivity index (χ1) is 29.7. The van der Waals surface area contributed by atoms with Crippen LogP contribution < -0.4 is 0 Å². The predicted octanol–water partition coefficient (Wildman–Crippen LogP) is 13.2. The van der Waals surface area contributed by atoms with E-state index in [-0.39, 0.29) is 19.4 Å². The molecule has 0 aliphatic rings. The third-order valence-electron chi connectivity index (χ3n) is 9.83. The number of aliphatic hydroxyl groups excluding tert-OH is 2. The number of carbonyl (C=O) groups excluding carboxylic acids is 2. The Morgan fingerprint density at radius 2 is 0.869 bits per heavy atom. The van der Waals surface area contributed by atoms with E-state index in [1.807, 2.05) is 6.08 Å². The summed E-state index contributed by atoms with van der Waals surface area (Å²) in [5.41, 5.74) is 0. The summed E-state index contributed by atoms with van der Waals surface area (Å²) in [4.78, 5) is 35.1. The smallest absolute Gasteiger partial charge is 0.462 e. The Morgan fingerprint density at radius 1 is 0.492 bits per heavy atom. The fraction of sp³-hybridized carbons (Fsp3) is 0.720. The summed E-state index contributed by atoms with van der Waals surface area (Å²) in [5.74, 6) is -1.00. The number of aliphatic hydroxyl groups is 2. The SMILES string of the molecule is CCCCC/C=C/C/C=C/CCCCCCCCCC(=O)OC[C@H](COP(=O)(O)OC[C@@H](O)CO)OC(=O)CCC/C=C/C/C=C/C/C=C/C/C=C/CCCCCCCCC. The lowest BCUT2D eigenvalue weighted by Crippen LogP contribution is -2.29. The van der Waals surface area contributed by atoms with Crippen LogP contribution in [0.15, 0.2) is 72.9 Å². The number of rotatable bonds is 44. The molecule has 0 fully saturated rings. The number of esters is 2. The lowest BCUT2D eigenvalue weighted by atomic mass is 10.1. The minimum absolute atomic E-state index is 0.104. The zero-order chi connectivity index (χ0) is 44.8. The third kappa shape index (κ3) is 45.3. The number of unbranched alkanes of at least 4 members (excludes halogenated alkanes) is 18. The molecule has 10 nitrogen and oxygen atoms in total. The van der Waals surface area contributed by atoms with Crippen LogP contribution in [0.4, 0.5) is 0 Å². The minimum Gasteiger partial charge on any atom is -0.462 e.